The SMILES string of the molecule is O=C(O)[C@H](Cc1ccc(Cl)nc1)N1C(=O)c2ccccc2C1=O. The van der Waals surface area contributed by atoms with Gasteiger partial charge in [-0.05, 0) is 23.8 Å². The second-order valence-corrected chi connectivity index (χ2v) is 5.46. The summed E-state index contributed by atoms with van der Waals surface area (Å²) in [6.45, 7) is 0. The minimum Gasteiger partial charge on any atom is -0.480 e. The van der Waals surface area contributed by atoms with E-state index in [4.69, 9.17) is 11.6 Å². The lowest BCUT2D eigenvalue weighted by Crippen LogP contribution is -2.46. The molecule has 1 aliphatic rings. The first-order chi connectivity index (χ1) is 11.0. The molecule has 1 aliphatic heterocycles. The van der Waals surface area contributed by atoms with E-state index in [1.165, 1.54) is 24.4 Å². The number of fused-ring (bicyclic) bond motifs is 1. The monoisotopic (exact) mass is 330 g/mol. The molecule has 1 aromatic heterocycles. The third kappa shape index (κ3) is 2.68. The van der Waals surface area contributed by atoms with E-state index in [0.717, 1.165) is 4.90 Å². The maximum Gasteiger partial charge on any atom is 0.327 e. The van der Waals surface area contributed by atoms with Crippen LogP contribution < -0.4 is 0 Å². The summed E-state index contributed by atoms with van der Waals surface area (Å²) in [5, 5.41) is 9.75. The van der Waals surface area contributed by atoms with Gasteiger partial charge in [-0.2, -0.15) is 0 Å². The van der Waals surface area contributed by atoms with Crippen LogP contribution in [0.25, 0.3) is 0 Å². The van der Waals surface area contributed by atoms with E-state index in [9.17, 15) is 19.5 Å². The number of halogens is 1. The summed E-state index contributed by atoms with van der Waals surface area (Å²) in [7, 11) is 0. The van der Waals surface area contributed by atoms with Gasteiger partial charge in [0.2, 0.25) is 0 Å². The first-order valence-electron chi connectivity index (χ1n) is 6.79. The van der Waals surface area contributed by atoms with Crippen molar-refractivity contribution in [2.75, 3.05) is 0 Å². The predicted octanol–water partition coefficient (Wildman–Crippen LogP) is 2.03. The normalized spacial score (nSPS) is 14.7. The first kappa shape index (κ1) is 15.2. The Hall–Kier alpha value is -2.73. The molecule has 7 heteroatoms. The molecular formula is C16H11ClN2O4. The number of nitrogens with zero attached hydrogens (tertiary/aromatic N) is 2. The number of imide groups is 1. The van der Waals surface area contributed by atoms with Gasteiger partial charge in [0, 0.05) is 12.6 Å². The number of rotatable bonds is 4. The number of amides is 2. The van der Waals surface area contributed by atoms with E-state index in [1.54, 1.807) is 18.2 Å². The molecule has 1 N–H and O–H groups in total. The van der Waals surface area contributed by atoms with Crippen LogP contribution in [0, 0.1) is 0 Å². The van der Waals surface area contributed by atoms with Gasteiger partial charge < -0.3 is 5.11 Å². The third-order valence-corrected chi connectivity index (χ3v) is 3.86. The highest BCUT2D eigenvalue weighted by Crippen LogP contribution is 2.26. The lowest BCUT2D eigenvalue weighted by atomic mass is 10.1. The summed E-state index contributed by atoms with van der Waals surface area (Å²) < 4.78 is 0. The van der Waals surface area contributed by atoms with E-state index in [0.29, 0.717) is 5.56 Å². The molecule has 1 atom stereocenters. The fraction of sp³-hybridized carbons (Fsp3) is 0.125. The molecule has 0 aliphatic carbocycles. The number of hydrogen-bond donors (Lipinski definition) is 1. The average Bonchev–Trinajstić information content (AvgIpc) is 2.79. The molecule has 3 rings (SSSR count). The highest BCUT2D eigenvalue weighted by atomic mass is 35.5. The number of carbonyl (C=O) groups excluding carboxylic acids is 2. The Morgan fingerprint density at radius 1 is 1.13 bits per heavy atom. The predicted molar refractivity (Wildman–Crippen MR) is 81.3 cm³/mol. The van der Waals surface area contributed by atoms with Crippen LogP contribution >= 0.6 is 11.6 Å². The van der Waals surface area contributed by atoms with Gasteiger partial charge in [-0.3, -0.25) is 14.5 Å². The summed E-state index contributed by atoms with van der Waals surface area (Å²) in [5.74, 6) is -2.45. The van der Waals surface area contributed by atoms with Crippen LogP contribution in [0.1, 0.15) is 26.3 Å². The second kappa shape index (κ2) is 5.81. The molecule has 0 spiro atoms. The maximum atomic E-state index is 12.4. The quantitative estimate of drug-likeness (QED) is 0.684. The highest BCUT2D eigenvalue weighted by molar-refractivity contribution is 6.29. The number of carboxylic acid groups (broad SMARTS) is 1. The van der Waals surface area contributed by atoms with Crippen LogP contribution in [-0.4, -0.2) is 38.8 Å². The Morgan fingerprint density at radius 2 is 1.74 bits per heavy atom. The minimum absolute atomic E-state index is 0.0367. The van der Waals surface area contributed by atoms with Gasteiger partial charge in [0.25, 0.3) is 11.8 Å². The average molecular weight is 331 g/mol. The summed E-state index contributed by atoms with van der Waals surface area (Å²) in [4.78, 5) is 41.1. The molecular weight excluding hydrogens is 320 g/mol. The van der Waals surface area contributed by atoms with Gasteiger partial charge in [-0.25, -0.2) is 9.78 Å². The van der Waals surface area contributed by atoms with E-state index < -0.39 is 23.8 Å². The van der Waals surface area contributed by atoms with E-state index in [1.807, 2.05) is 0 Å². The highest BCUT2D eigenvalue weighted by Gasteiger charge is 2.42. The zero-order valence-electron chi connectivity index (χ0n) is 11.8. The first-order valence-corrected chi connectivity index (χ1v) is 7.17. The van der Waals surface area contributed by atoms with Crippen molar-refractivity contribution in [2.24, 2.45) is 0 Å². The number of hydrogen-bond acceptors (Lipinski definition) is 4. The number of carboxylic acids is 1. The van der Waals surface area contributed by atoms with Gasteiger partial charge in [0.15, 0.2) is 0 Å². The van der Waals surface area contributed by atoms with Crippen LogP contribution in [0.15, 0.2) is 42.6 Å². The number of carbonyl (C=O) groups is 3. The molecule has 0 saturated carbocycles. The van der Waals surface area contributed by atoms with Gasteiger partial charge in [0.05, 0.1) is 11.1 Å². The van der Waals surface area contributed by atoms with Crippen molar-refractivity contribution in [1.29, 1.82) is 0 Å². The van der Waals surface area contributed by atoms with Crippen molar-refractivity contribution in [3.8, 4) is 0 Å². The Kier molecular flexibility index (Phi) is 3.83. The number of benzene rings is 1. The van der Waals surface area contributed by atoms with Crippen LogP contribution in [-0.2, 0) is 11.2 Å². The Bertz CT molecular complexity index is 769. The van der Waals surface area contributed by atoms with Crippen LogP contribution in [0.3, 0.4) is 0 Å². The fourth-order valence-corrected chi connectivity index (χ4v) is 2.64. The number of aromatic nitrogens is 1. The molecule has 6 nitrogen and oxygen atoms in total. The van der Waals surface area contributed by atoms with Crippen molar-refractivity contribution in [3.63, 3.8) is 0 Å². The van der Waals surface area contributed by atoms with Crippen LogP contribution in [0.2, 0.25) is 5.15 Å². The summed E-state index contributed by atoms with van der Waals surface area (Å²) in [6.07, 6.45) is 1.39. The van der Waals surface area contributed by atoms with Crippen LogP contribution in [0.4, 0.5) is 0 Å². The van der Waals surface area contributed by atoms with Crippen molar-refractivity contribution in [1.82, 2.24) is 9.88 Å². The lowest BCUT2D eigenvalue weighted by Gasteiger charge is -2.22. The zero-order chi connectivity index (χ0) is 16.6. The molecule has 0 unspecified atom stereocenters. The van der Waals surface area contributed by atoms with Gasteiger partial charge >= 0.3 is 5.97 Å². The second-order valence-electron chi connectivity index (χ2n) is 5.07. The summed E-state index contributed by atoms with van der Waals surface area (Å²) in [5.41, 5.74) is 1.01. The molecule has 23 heavy (non-hydrogen) atoms. The largest absolute Gasteiger partial charge is 0.480 e. The topological polar surface area (TPSA) is 87.6 Å². The Labute approximate surface area is 136 Å². The fourth-order valence-electron chi connectivity index (χ4n) is 2.53. The molecule has 1 aromatic carbocycles. The smallest absolute Gasteiger partial charge is 0.327 e. The molecule has 2 aromatic rings. The van der Waals surface area contributed by atoms with Crippen LogP contribution in [0.5, 0.6) is 0 Å². The van der Waals surface area contributed by atoms with E-state index >= 15 is 0 Å². The third-order valence-electron chi connectivity index (χ3n) is 3.64. The molecule has 0 bridgehead atoms. The maximum absolute atomic E-state index is 12.4. The van der Waals surface area contributed by atoms with Crippen molar-refractivity contribution < 1.29 is 19.5 Å². The summed E-state index contributed by atoms with van der Waals surface area (Å²) >= 11 is 5.70. The van der Waals surface area contributed by atoms with Crippen molar-refractivity contribution >= 4 is 29.4 Å². The number of aliphatic carboxylic acids is 1. The zero-order valence-corrected chi connectivity index (χ0v) is 12.5. The van der Waals surface area contributed by atoms with Gasteiger partial charge in [-0.15, -0.1) is 0 Å². The Morgan fingerprint density at radius 3 is 2.22 bits per heavy atom. The van der Waals surface area contributed by atoms with Gasteiger partial charge in [-0.1, -0.05) is 29.8 Å². The molecule has 0 saturated heterocycles. The van der Waals surface area contributed by atoms with Gasteiger partial charge in [0.1, 0.15) is 11.2 Å². The molecule has 2 heterocycles. The lowest BCUT2D eigenvalue weighted by molar-refractivity contribution is -0.141. The standard InChI is InChI=1S/C16H11ClN2O4/c17-13-6-5-9(8-18-13)7-12(16(22)23)19-14(20)10-3-1-2-4-11(10)15(19)21/h1-6,8,12H,7H2,(H,22,23)/t12-/m0/s1. The van der Waals surface area contributed by atoms with E-state index in [-0.39, 0.29) is 22.7 Å². The minimum atomic E-state index is -1.30. The molecule has 2 amide bonds. The number of pyridine rings is 1. The Balaban J connectivity index is 1.94. The molecule has 0 radical (unpaired) electrons. The molecule has 116 valence electrons. The van der Waals surface area contributed by atoms with Crippen molar-refractivity contribution in [3.05, 3.63) is 64.4 Å². The summed E-state index contributed by atoms with van der Waals surface area (Å²) in [6, 6.07) is 8.13. The molecule has 0 fully saturated rings. The van der Waals surface area contributed by atoms with Crippen molar-refractivity contribution in [2.45, 2.75) is 12.5 Å². The van der Waals surface area contributed by atoms with E-state index in [2.05, 4.69) is 4.98 Å².